The van der Waals surface area contributed by atoms with Crippen LogP contribution in [0.2, 0.25) is 0 Å². The molecular weight excluding hydrogens is 422 g/mol. The average molecular weight is 452 g/mol. The highest BCUT2D eigenvalue weighted by Gasteiger charge is 2.44. The molecule has 0 radical (unpaired) electrons. The number of nitrogens with zero attached hydrogens (tertiary/aromatic N) is 5. The smallest absolute Gasteiger partial charge is 0.243 e. The predicted octanol–water partition coefficient (Wildman–Crippen LogP) is 5.95. The lowest BCUT2D eigenvalue weighted by molar-refractivity contribution is 0.275. The molecule has 1 spiro atoms. The maximum absolute atomic E-state index is 5.96. The number of benzene rings is 1. The van der Waals surface area contributed by atoms with E-state index in [-0.39, 0.29) is 5.41 Å². The fourth-order valence-corrected chi connectivity index (χ4v) is 5.78. The Bertz CT molecular complexity index is 1430. The van der Waals surface area contributed by atoms with E-state index in [4.69, 9.17) is 9.62 Å². The highest BCUT2D eigenvalue weighted by Crippen LogP contribution is 2.55. The van der Waals surface area contributed by atoms with Gasteiger partial charge >= 0.3 is 0 Å². The first-order valence-electron chi connectivity index (χ1n) is 12.4. The van der Waals surface area contributed by atoms with E-state index in [1.54, 1.807) is 0 Å². The van der Waals surface area contributed by atoms with Crippen molar-refractivity contribution in [1.29, 1.82) is 0 Å². The summed E-state index contributed by atoms with van der Waals surface area (Å²) in [6.07, 6.45) is 12.3. The van der Waals surface area contributed by atoms with Gasteiger partial charge in [0, 0.05) is 36.3 Å². The monoisotopic (exact) mass is 451 g/mol. The maximum Gasteiger partial charge on any atom is 0.243 e. The summed E-state index contributed by atoms with van der Waals surface area (Å²) in [5.41, 5.74) is 8.74. The molecule has 3 aromatic heterocycles. The summed E-state index contributed by atoms with van der Waals surface area (Å²) in [6.45, 7) is 6.22. The average Bonchev–Trinajstić information content (AvgIpc) is 3.49. The molecule has 4 aromatic rings. The van der Waals surface area contributed by atoms with E-state index in [9.17, 15) is 0 Å². The molecule has 0 N–H and O–H groups in total. The molecule has 34 heavy (non-hydrogen) atoms. The number of anilines is 1. The van der Waals surface area contributed by atoms with Crippen molar-refractivity contribution in [3.05, 3.63) is 71.3 Å². The van der Waals surface area contributed by atoms with Crippen LogP contribution in [0.5, 0.6) is 0 Å². The minimum absolute atomic E-state index is 0.279. The van der Waals surface area contributed by atoms with Crippen molar-refractivity contribution in [3.8, 4) is 11.3 Å². The van der Waals surface area contributed by atoms with E-state index in [1.165, 1.54) is 40.7 Å². The van der Waals surface area contributed by atoms with Crippen LogP contribution in [-0.4, -0.2) is 32.8 Å². The van der Waals surface area contributed by atoms with Crippen LogP contribution in [0.3, 0.4) is 0 Å². The minimum Gasteiger partial charge on any atom is -0.360 e. The third-order valence-corrected chi connectivity index (χ3v) is 8.07. The fraction of sp³-hybridized carbons (Fsp3) is 0.393. The van der Waals surface area contributed by atoms with Gasteiger partial charge in [-0.2, -0.15) is 0 Å². The van der Waals surface area contributed by atoms with Gasteiger partial charge in [0.05, 0.1) is 11.7 Å². The maximum atomic E-state index is 5.96. The summed E-state index contributed by atoms with van der Waals surface area (Å²) in [7, 11) is 0. The van der Waals surface area contributed by atoms with Crippen molar-refractivity contribution < 1.29 is 4.52 Å². The fourth-order valence-electron chi connectivity index (χ4n) is 5.78. The van der Waals surface area contributed by atoms with Crippen molar-refractivity contribution in [1.82, 2.24) is 19.8 Å². The quantitative estimate of drug-likeness (QED) is 0.384. The Morgan fingerprint density at radius 1 is 1.03 bits per heavy atom. The number of piperidine rings is 1. The van der Waals surface area contributed by atoms with E-state index in [0.29, 0.717) is 5.92 Å². The lowest BCUT2D eigenvalue weighted by atomic mass is 9.63. The predicted molar refractivity (Wildman–Crippen MR) is 133 cm³/mol. The summed E-state index contributed by atoms with van der Waals surface area (Å²) >= 11 is 0. The zero-order chi connectivity index (χ0) is 22.9. The minimum atomic E-state index is 0.279. The van der Waals surface area contributed by atoms with Gasteiger partial charge in [-0.25, -0.2) is 9.50 Å². The Morgan fingerprint density at radius 3 is 2.59 bits per heavy atom. The topological polar surface area (TPSA) is 59.5 Å². The van der Waals surface area contributed by atoms with E-state index in [2.05, 4.69) is 65.3 Å². The molecule has 6 nitrogen and oxygen atoms in total. The lowest BCUT2D eigenvalue weighted by Crippen LogP contribution is -2.43. The van der Waals surface area contributed by atoms with Crippen LogP contribution in [0.15, 0.2) is 53.3 Å². The molecule has 1 aromatic carbocycles. The third-order valence-electron chi connectivity index (χ3n) is 8.07. The summed E-state index contributed by atoms with van der Waals surface area (Å²) in [4.78, 5) is 6.99. The Balaban J connectivity index is 1.14. The molecule has 3 aliphatic rings. The van der Waals surface area contributed by atoms with E-state index < -0.39 is 0 Å². The number of allylic oxidation sites excluding steroid dienone is 2. The van der Waals surface area contributed by atoms with Gasteiger partial charge in [0.25, 0.3) is 0 Å². The Labute approximate surface area is 199 Å². The number of hydrogen-bond donors (Lipinski definition) is 0. The van der Waals surface area contributed by atoms with Crippen LogP contribution in [-0.2, 0) is 0 Å². The first-order chi connectivity index (χ1) is 16.6. The molecule has 0 atom stereocenters. The summed E-state index contributed by atoms with van der Waals surface area (Å²) < 4.78 is 7.90. The molecule has 4 heterocycles. The summed E-state index contributed by atoms with van der Waals surface area (Å²) in [6, 6.07) is 10.6. The largest absolute Gasteiger partial charge is 0.360 e. The van der Waals surface area contributed by atoms with Gasteiger partial charge in [-0.1, -0.05) is 35.5 Å². The number of aryl methyl sites for hydroxylation is 2. The highest BCUT2D eigenvalue weighted by molar-refractivity contribution is 5.85. The first-order valence-corrected chi connectivity index (χ1v) is 12.4. The molecule has 0 unspecified atom stereocenters. The number of rotatable bonds is 4. The van der Waals surface area contributed by atoms with Crippen molar-refractivity contribution in [2.75, 3.05) is 18.0 Å². The van der Waals surface area contributed by atoms with Gasteiger partial charge in [0.2, 0.25) is 5.95 Å². The molecule has 172 valence electrons. The van der Waals surface area contributed by atoms with Crippen molar-refractivity contribution in [3.63, 3.8) is 0 Å². The Kier molecular flexibility index (Phi) is 4.29. The van der Waals surface area contributed by atoms with Crippen LogP contribution in [0.25, 0.3) is 22.3 Å². The molecule has 2 fully saturated rings. The van der Waals surface area contributed by atoms with E-state index in [0.717, 1.165) is 55.3 Å². The Hall–Kier alpha value is -3.41. The second-order valence-corrected chi connectivity index (χ2v) is 10.4. The number of fused-ring (bicyclic) bond motifs is 1. The van der Waals surface area contributed by atoms with Gasteiger partial charge in [-0.3, -0.25) is 0 Å². The molecule has 1 saturated heterocycles. The molecule has 0 bridgehead atoms. The number of aromatic nitrogens is 4. The van der Waals surface area contributed by atoms with Crippen LogP contribution in [0.4, 0.5) is 5.95 Å². The van der Waals surface area contributed by atoms with Crippen molar-refractivity contribution in [2.24, 2.45) is 5.41 Å². The van der Waals surface area contributed by atoms with Crippen LogP contribution in [0, 0.1) is 19.3 Å². The van der Waals surface area contributed by atoms with Gasteiger partial charge in [0.15, 0.2) is 0 Å². The third kappa shape index (κ3) is 3.11. The summed E-state index contributed by atoms with van der Waals surface area (Å²) in [5.74, 6) is 2.49. The lowest BCUT2D eigenvalue weighted by Gasteiger charge is -2.46. The second kappa shape index (κ2) is 7.29. The molecule has 1 saturated carbocycles. The van der Waals surface area contributed by atoms with Gasteiger partial charge in [-0.15, -0.1) is 5.10 Å². The van der Waals surface area contributed by atoms with Crippen molar-refractivity contribution in [2.45, 2.75) is 51.9 Å². The number of hydrogen-bond acceptors (Lipinski definition) is 5. The van der Waals surface area contributed by atoms with Gasteiger partial charge in [0.1, 0.15) is 11.5 Å². The normalized spacial score (nSPS) is 19.5. The molecule has 2 aliphatic carbocycles. The van der Waals surface area contributed by atoms with Crippen molar-refractivity contribution >= 4 is 17.0 Å². The van der Waals surface area contributed by atoms with Crippen LogP contribution >= 0.6 is 0 Å². The van der Waals surface area contributed by atoms with Crippen LogP contribution in [0.1, 0.15) is 60.5 Å². The molecular formula is C28H29N5O. The molecule has 0 amide bonds. The van der Waals surface area contributed by atoms with E-state index in [1.807, 2.05) is 16.9 Å². The summed E-state index contributed by atoms with van der Waals surface area (Å²) in [5, 5.41) is 9.33. The zero-order valence-electron chi connectivity index (χ0n) is 19.8. The van der Waals surface area contributed by atoms with Gasteiger partial charge < -0.3 is 9.42 Å². The SMILES string of the molecule is Cc1ccccc1-c1noc(C2CC2)c1C1=CC2(CCN(c3ncc4c(C)ccn4n3)CC2)C1. The molecule has 1 aliphatic heterocycles. The Morgan fingerprint density at radius 2 is 1.82 bits per heavy atom. The van der Waals surface area contributed by atoms with Gasteiger partial charge in [-0.05, 0) is 74.1 Å². The standard InChI is InChI=1S/C28H29N5O/c1-18-5-3-4-6-22(18)25-24(26(34-31-25)20-7-8-20)21-15-28(16-21)10-13-32(14-11-28)27-29-17-23-19(2)9-12-33(23)30-27/h3-6,9,12,15,17,20H,7-8,10-11,13-14,16H2,1-2H3. The second-order valence-electron chi connectivity index (χ2n) is 10.4. The van der Waals surface area contributed by atoms with Crippen LogP contribution < -0.4 is 4.90 Å². The first kappa shape index (κ1) is 20.0. The van der Waals surface area contributed by atoms with E-state index >= 15 is 0 Å². The molecule has 6 heteroatoms. The highest BCUT2D eigenvalue weighted by atomic mass is 16.5. The zero-order valence-corrected chi connectivity index (χ0v) is 19.8. The molecule has 7 rings (SSSR count).